The highest BCUT2D eigenvalue weighted by molar-refractivity contribution is 5.79. The van der Waals surface area contributed by atoms with Crippen molar-refractivity contribution in [3.8, 4) is 11.3 Å². The third kappa shape index (κ3) is 4.48. The van der Waals surface area contributed by atoms with E-state index in [0.717, 1.165) is 5.69 Å². The second-order valence-corrected chi connectivity index (χ2v) is 7.44. The van der Waals surface area contributed by atoms with Crippen LogP contribution in [0.2, 0.25) is 0 Å². The van der Waals surface area contributed by atoms with E-state index in [9.17, 15) is 14.0 Å². The molecule has 2 aromatic rings. The van der Waals surface area contributed by atoms with Crippen molar-refractivity contribution in [1.29, 1.82) is 0 Å². The van der Waals surface area contributed by atoms with Gasteiger partial charge in [0.25, 0.3) is 0 Å². The normalized spacial score (nSPS) is 15.0. The van der Waals surface area contributed by atoms with E-state index < -0.39 is 5.60 Å². The second-order valence-electron chi connectivity index (χ2n) is 7.44. The van der Waals surface area contributed by atoms with Crippen LogP contribution in [0.1, 0.15) is 31.3 Å². The van der Waals surface area contributed by atoms with Gasteiger partial charge in [-0.3, -0.25) is 4.79 Å². The van der Waals surface area contributed by atoms with E-state index >= 15 is 0 Å². The van der Waals surface area contributed by atoms with Crippen LogP contribution in [0.5, 0.6) is 0 Å². The lowest BCUT2D eigenvalue weighted by molar-refractivity contribution is 0.0240. The summed E-state index contributed by atoms with van der Waals surface area (Å²) in [7, 11) is 0. The van der Waals surface area contributed by atoms with Crippen LogP contribution in [0, 0.1) is 5.82 Å². The maximum absolute atomic E-state index is 13.8. The highest BCUT2D eigenvalue weighted by atomic mass is 19.1. The molecular weight excluding hydrogens is 351 g/mol. The number of nitrogens with zero attached hydrogens (tertiary/aromatic N) is 2. The number of halogens is 1. The zero-order valence-corrected chi connectivity index (χ0v) is 15.7. The van der Waals surface area contributed by atoms with Crippen molar-refractivity contribution in [2.24, 2.45) is 0 Å². The van der Waals surface area contributed by atoms with E-state index in [4.69, 9.17) is 9.15 Å². The van der Waals surface area contributed by atoms with Gasteiger partial charge in [-0.2, -0.15) is 0 Å². The number of hydrogen-bond acceptors (Lipinski definition) is 5. The molecule has 2 heterocycles. The fourth-order valence-electron chi connectivity index (χ4n) is 3.00. The Kier molecular flexibility index (Phi) is 5.21. The number of piperazine rings is 1. The first kappa shape index (κ1) is 18.9. The average Bonchev–Trinajstić information content (AvgIpc) is 3.09. The molecule has 0 N–H and O–H groups in total. The van der Waals surface area contributed by atoms with Crippen molar-refractivity contribution in [3.05, 3.63) is 41.9 Å². The minimum atomic E-state index is -0.534. The van der Waals surface area contributed by atoms with Crippen molar-refractivity contribution < 1.29 is 23.1 Å². The molecule has 0 spiro atoms. The summed E-state index contributed by atoms with van der Waals surface area (Å²) >= 11 is 0. The number of rotatable bonds is 3. The molecule has 1 saturated heterocycles. The summed E-state index contributed by atoms with van der Waals surface area (Å²) in [6.45, 7) is 7.68. The summed E-state index contributed by atoms with van der Waals surface area (Å²) < 4.78 is 24.7. The van der Waals surface area contributed by atoms with Crippen LogP contribution < -0.4 is 4.90 Å². The number of carbonyl (C=O) groups is 2. The Balaban J connectivity index is 1.76. The number of benzene rings is 1. The Labute approximate surface area is 157 Å². The zero-order valence-electron chi connectivity index (χ0n) is 15.7. The summed E-state index contributed by atoms with van der Waals surface area (Å²) in [5, 5.41) is 0. The molecule has 1 aliphatic rings. The van der Waals surface area contributed by atoms with E-state index in [2.05, 4.69) is 4.90 Å². The van der Waals surface area contributed by atoms with E-state index in [0.29, 0.717) is 43.8 Å². The van der Waals surface area contributed by atoms with Gasteiger partial charge in [0.1, 0.15) is 17.2 Å². The lowest BCUT2D eigenvalue weighted by Crippen LogP contribution is -2.50. The molecule has 0 atom stereocenters. The van der Waals surface area contributed by atoms with Crippen LogP contribution in [0.3, 0.4) is 0 Å². The standard InChI is InChI=1S/C20H23FN2O4/c1-20(2,3)27-19(25)23-10-8-22(9-11-23)17-6-4-14(21)12-16(17)18-7-5-15(13-24)26-18/h4-7,12-13H,8-11H2,1-3H3. The van der Waals surface area contributed by atoms with E-state index in [1.165, 1.54) is 12.1 Å². The van der Waals surface area contributed by atoms with Gasteiger partial charge in [-0.25, -0.2) is 9.18 Å². The van der Waals surface area contributed by atoms with Crippen molar-refractivity contribution in [3.63, 3.8) is 0 Å². The predicted octanol–water partition coefficient (Wildman–Crippen LogP) is 3.96. The third-order valence-corrected chi connectivity index (χ3v) is 4.24. The lowest BCUT2D eigenvalue weighted by Gasteiger charge is -2.37. The topological polar surface area (TPSA) is 63.0 Å². The van der Waals surface area contributed by atoms with E-state index in [-0.39, 0.29) is 17.7 Å². The second kappa shape index (κ2) is 7.42. The maximum Gasteiger partial charge on any atom is 0.410 e. The van der Waals surface area contributed by atoms with Gasteiger partial charge in [0.05, 0.1) is 0 Å². The molecule has 0 saturated carbocycles. The molecule has 6 nitrogen and oxygen atoms in total. The number of ether oxygens (including phenoxy) is 1. The molecule has 0 radical (unpaired) electrons. The van der Waals surface area contributed by atoms with Crippen LogP contribution in [0.4, 0.5) is 14.9 Å². The molecule has 0 aliphatic carbocycles. The number of hydrogen-bond donors (Lipinski definition) is 0. The van der Waals surface area contributed by atoms with Gasteiger partial charge in [-0.1, -0.05) is 0 Å². The largest absolute Gasteiger partial charge is 0.453 e. The highest BCUT2D eigenvalue weighted by Gasteiger charge is 2.27. The smallest absolute Gasteiger partial charge is 0.410 e. The first-order valence-corrected chi connectivity index (χ1v) is 8.84. The van der Waals surface area contributed by atoms with E-state index in [1.807, 2.05) is 20.8 Å². The van der Waals surface area contributed by atoms with Crippen LogP contribution in [0.15, 0.2) is 34.7 Å². The number of aldehydes is 1. The monoisotopic (exact) mass is 374 g/mol. The quantitative estimate of drug-likeness (QED) is 0.761. The molecule has 0 bridgehead atoms. The molecule has 3 rings (SSSR count). The summed E-state index contributed by atoms with van der Waals surface area (Å²) in [5.74, 6) is 0.237. The van der Waals surface area contributed by atoms with Crippen LogP contribution >= 0.6 is 0 Å². The lowest BCUT2D eigenvalue weighted by atomic mass is 10.1. The Morgan fingerprint density at radius 1 is 1.15 bits per heavy atom. The highest BCUT2D eigenvalue weighted by Crippen LogP contribution is 2.33. The van der Waals surface area contributed by atoms with Crippen LogP contribution in [0.25, 0.3) is 11.3 Å². The molecule has 1 amide bonds. The van der Waals surface area contributed by atoms with Crippen molar-refractivity contribution >= 4 is 18.1 Å². The Morgan fingerprint density at radius 3 is 2.44 bits per heavy atom. The van der Waals surface area contributed by atoms with Gasteiger partial charge in [0.2, 0.25) is 0 Å². The van der Waals surface area contributed by atoms with Crippen molar-refractivity contribution in [2.75, 3.05) is 31.1 Å². The summed E-state index contributed by atoms with van der Waals surface area (Å²) in [4.78, 5) is 26.8. The van der Waals surface area contributed by atoms with Crippen molar-refractivity contribution in [2.45, 2.75) is 26.4 Å². The predicted molar refractivity (Wildman–Crippen MR) is 99.5 cm³/mol. The minimum absolute atomic E-state index is 0.190. The zero-order chi connectivity index (χ0) is 19.6. The first-order valence-electron chi connectivity index (χ1n) is 8.84. The number of carbonyl (C=O) groups excluding carboxylic acids is 2. The molecule has 1 aliphatic heterocycles. The van der Waals surface area contributed by atoms with Gasteiger partial charge in [0.15, 0.2) is 12.0 Å². The summed E-state index contributed by atoms with van der Waals surface area (Å²) in [5.41, 5.74) is 0.842. The Morgan fingerprint density at radius 2 is 1.85 bits per heavy atom. The number of amides is 1. The fraction of sp³-hybridized carbons (Fsp3) is 0.400. The maximum atomic E-state index is 13.8. The van der Waals surface area contributed by atoms with Gasteiger partial charge in [-0.15, -0.1) is 0 Å². The minimum Gasteiger partial charge on any atom is -0.453 e. The molecule has 144 valence electrons. The van der Waals surface area contributed by atoms with Gasteiger partial charge >= 0.3 is 6.09 Å². The van der Waals surface area contributed by atoms with E-state index in [1.54, 1.807) is 23.1 Å². The summed E-state index contributed by atoms with van der Waals surface area (Å²) in [6, 6.07) is 7.68. The molecule has 1 fully saturated rings. The van der Waals surface area contributed by atoms with Crippen molar-refractivity contribution in [1.82, 2.24) is 4.90 Å². The molecule has 1 aromatic heterocycles. The Bertz CT molecular complexity index is 833. The van der Waals surface area contributed by atoms with Gasteiger partial charge < -0.3 is 19.0 Å². The molecule has 1 aromatic carbocycles. The molecule has 0 unspecified atom stereocenters. The third-order valence-electron chi connectivity index (χ3n) is 4.24. The molecular formula is C20H23FN2O4. The average molecular weight is 374 g/mol. The van der Waals surface area contributed by atoms with Gasteiger partial charge in [0, 0.05) is 37.4 Å². The Hall–Kier alpha value is -2.83. The number of anilines is 1. The van der Waals surface area contributed by atoms with Crippen LogP contribution in [-0.2, 0) is 4.74 Å². The van der Waals surface area contributed by atoms with Gasteiger partial charge in [-0.05, 0) is 51.1 Å². The van der Waals surface area contributed by atoms with Crippen LogP contribution in [-0.4, -0.2) is 49.1 Å². The first-order chi connectivity index (χ1) is 12.8. The SMILES string of the molecule is CC(C)(C)OC(=O)N1CCN(c2ccc(F)cc2-c2ccc(C=O)o2)CC1. The molecule has 27 heavy (non-hydrogen) atoms. The summed E-state index contributed by atoms with van der Waals surface area (Å²) in [6.07, 6.45) is 0.283. The molecule has 7 heteroatoms. The number of furan rings is 1. The fourth-order valence-corrected chi connectivity index (χ4v) is 3.00.